The van der Waals surface area contributed by atoms with Crippen LogP contribution in [0.1, 0.15) is 26.7 Å². The average Bonchev–Trinajstić information content (AvgIpc) is 2.81. The van der Waals surface area contributed by atoms with Gasteiger partial charge in [-0.25, -0.2) is 0 Å². The van der Waals surface area contributed by atoms with E-state index in [9.17, 15) is 13.2 Å². The summed E-state index contributed by atoms with van der Waals surface area (Å²) in [5, 5.41) is 6.23. The predicted molar refractivity (Wildman–Crippen MR) is 87.6 cm³/mol. The van der Waals surface area contributed by atoms with Crippen molar-refractivity contribution in [3.05, 3.63) is 0 Å². The molecule has 0 amide bonds. The first-order valence-corrected chi connectivity index (χ1v) is 8.64. The number of rotatable bonds is 7. The minimum absolute atomic E-state index is 0.190. The van der Waals surface area contributed by atoms with Gasteiger partial charge in [-0.1, -0.05) is 0 Å². The van der Waals surface area contributed by atoms with Crippen LogP contribution in [0.4, 0.5) is 13.2 Å². The molecule has 1 fully saturated rings. The Kier molecular flexibility index (Phi) is 7.82. The van der Waals surface area contributed by atoms with Crippen LogP contribution in [0.25, 0.3) is 0 Å². The summed E-state index contributed by atoms with van der Waals surface area (Å²) in [7, 11) is 1.47. The number of hydrogen-bond acceptors (Lipinski definition) is 3. The number of guanidine groups is 1. The predicted octanol–water partition coefficient (Wildman–Crippen LogP) is 2.32. The average molecular weight is 340 g/mol. The third kappa shape index (κ3) is 8.12. The quantitative estimate of drug-likeness (QED) is 0.551. The number of thioether (sulfide) groups is 1. The van der Waals surface area contributed by atoms with Crippen LogP contribution in [-0.2, 0) is 0 Å². The van der Waals surface area contributed by atoms with E-state index in [1.54, 1.807) is 0 Å². The van der Waals surface area contributed by atoms with Crippen molar-refractivity contribution in [3.63, 3.8) is 0 Å². The molecule has 2 N–H and O–H groups in total. The van der Waals surface area contributed by atoms with Crippen LogP contribution < -0.4 is 10.6 Å². The minimum atomic E-state index is -4.15. The second-order valence-electron chi connectivity index (χ2n) is 5.88. The van der Waals surface area contributed by atoms with E-state index < -0.39 is 12.7 Å². The summed E-state index contributed by atoms with van der Waals surface area (Å²) in [4.78, 5) is 5.83. The van der Waals surface area contributed by atoms with Gasteiger partial charge in [-0.3, -0.25) is 9.89 Å². The summed E-state index contributed by atoms with van der Waals surface area (Å²) < 4.78 is 36.9. The van der Waals surface area contributed by atoms with Gasteiger partial charge in [0.05, 0.1) is 13.1 Å². The second-order valence-corrected chi connectivity index (χ2v) is 7.56. The molecule has 0 spiro atoms. The molecule has 1 unspecified atom stereocenters. The molecule has 1 heterocycles. The van der Waals surface area contributed by atoms with E-state index in [0.717, 1.165) is 19.5 Å². The van der Waals surface area contributed by atoms with Crippen LogP contribution in [0.3, 0.4) is 0 Å². The van der Waals surface area contributed by atoms with Gasteiger partial charge in [0, 0.05) is 24.4 Å². The van der Waals surface area contributed by atoms with Crippen molar-refractivity contribution in [2.45, 2.75) is 37.6 Å². The van der Waals surface area contributed by atoms with E-state index in [-0.39, 0.29) is 4.75 Å². The molecule has 0 bridgehead atoms. The molecule has 130 valence electrons. The Balaban J connectivity index is 2.37. The van der Waals surface area contributed by atoms with Crippen LogP contribution in [0.15, 0.2) is 4.99 Å². The molecule has 4 nitrogen and oxygen atoms in total. The smallest absolute Gasteiger partial charge is 0.357 e. The Morgan fingerprint density at radius 3 is 2.64 bits per heavy atom. The lowest BCUT2D eigenvalue weighted by Gasteiger charge is -2.22. The van der Waals surface area contributed by atoms with Crippen LogP contribution in [-0.4, -0.2) is 67.3 Å². The Labute approximate surface area is 135 Å². The molecule has 1 saturated heterocycles. The van der Waals surface area contributed by atoms with Crippen LogP contribution >= 0.6 is 11.8 Å². The molecule has 0 aliphatic carbocycles. The maximum absolute atomic E-state index is 12.2. The molecule has 1 aliphatic rings. The first kappa shape index (κ1) is 19.4. The maximum atomic E-state index is 12.2. The SMILES string of the molecule is CCNC(=NCC1(C)CCCS1)NCCN(C)CC(F)(F)F. The third-order valence-corrected chi connectivity index (χ3v) is 4.97. The van der Waals surface area contributed by atoms with Crippen LogP contribution in [0.5, 0.6) is 0 Å². The van der Waals surface area contributed by atoms with Gasteiger partial charge in [0.2, 0.25) is 0 Å². The zero-order valence-corrected chi connectivity index (χ0v) is 14.4. The van der Waals surface area contributed by atoms with Crippen LogP contribution in [0.2, 0.25) is 0 Å². The van der Waals surface area contributed by atoms with E-state index in [1.807, 2.05) is 18.7 Å². The minimum Gasteiger partial charge on any atom is -0.357 e. The lowest BCUT2D eigenvalue weighted by molar-refractivity contribution is -0.142. The first-order chi connectivity index (χ1) is 10.2. The van der Waals surface area contributed by atoms with E-state index in [0.29, 0.717) is 19.0 Å². The van der Waals surface area contributed by atoms with E-state index in [2.05, 4.69) is 22.5 Å². The van der Waals surface area contributed by atoms with Gasteiger partial charge in [-0.15, -0.1) is 0 Å². The van der Waals surface area contributed by atoms with Gasteiger partial charge >= 0.3 is 6.18 Å². The summed E-state index contributed by atoms with van der Waals surface area (Å²) in [6.07, 6.45) is -1.76. The van der Waals surface area contributed by atoms with Gasteiger partial charge in [-0.05, 0) is 39.5 Å². The number of aliphatic imine (C=N–C) groups is 1. The zero-order valence-electron chi connectivity index (χ0n) is 13.6. The largest absolute Gasteiger partial charge is 0.401 e. The van der Waals surface area contributed by atoms with E-state index in [1.165, 1.54) is 24.1 Å². The fraction of sp³-hybridized carbons (Fsp3) is 0.929. The summed E-state index contributed by atoms with van der Waals surface area (Å²) in [6, 6.07) is 0. The summed E-state index contributed by atoms with van der Waals surface area (Å²) >= 11 is 1.94. The Morgan fingerprint density at radius 1 is 1.36 bits per heavy atom. The lowest BCUT2D eigenvalue weighted by atomic mass is 10.1. The summed E-state index contributed by atoms with van der Waals surface area (Å²) in [5.74, 6) is 1.86. The van der Waals surface area contributed by atoms with Gasteiger partial charge in [-0.2, -0.15) is 24.9 Å². The number of halogens is 3. The van der Waals surface area contributed by atoms with Crippen molar-refractivity contribution in [3.8, 4) is 0 Å². The molecule has 1 rings (SSSR count). The number of hydrogen-bond donors (Lipinski definition) is 2. The fourth-order valence-corrected chi connectivity index (χ4v) is 3.53. The van der Waals surface area contributed by atoms with Gasteiger partial charge < -0.3 is 10.6 Å². The fourth-order valence-electron chi connectivity index (χ4n) is 2.30. The normalized spacial score (nSPS) is 23.1. The lowest BCUT2D eigenvalue weighted by Crippen LogP contribution is -2.43. The zero-order chi connectivity index (χ0) is 16.6. The molecule has 0 radical (unpaired) electrons. The van der Waals surface area contributed by atoms with Crippen molar-refractivity contribution in [1.82, 2.24) is 15.5 Å². The highest BCUT2D eigenvalue weighted by molar-refractivity contribution is 8.00. The van der Waals surface area contributed by atoms with Crippen molar-refractivity contribution >= 4 is 17.7 Å². The standard InChI is InChI=1S/C14H27F3N4S/c1-4-18-12(20-10-13(2)6-5-9-22-13)19-7-8-21(3)11-14(15,16)17/h4-11H2,1-3H3,(H2,18,19,20). The molecule has 22 heavy (non-hydrogen) atoms. The highest BCUT2D eigenvalue weighted by Gasteiger charge is 2.30. The van der Waals surface area contributed by atoms with Gasteiger partial charge in [0.15, 0.2) is 5.96 Å². The summed E-state index contributed by atoms with van der Waals surface area (Å²) in [5.41, 5.74) is 0. The Bertz CT molecular complexity index is 354. The van der Waals surface area contributed by atoms with Gasteiger partial charge in [0.1, 0.15) is 0 Å². The molecule has 1 atom stereocenters. The molecular formula is C14H27F3N4S. The number of nitrogens with zero attached hydrogens (tertiary/aromatic N) is 2. The van der Waals surface area contributed by atoms with E-state index in [4.69, 9.17) is 0 Å². The maximum Gasteiger partial charge on any atom is 0.401 e. The molecule has 8 heteroatoms. The van der Waals surface area contributed by atoms with Crippen molar-refractivity contribution in [2.75, 3.05) is 45.5 Å². The van der Waals surface area contributed by atoms with Crippen molar-refractivity contribution < 1.29 is 13.2 Å². The molecule has 0 aromatic carbocycles. The number of likely N-dealkylation sites (N-methyl/N-ethyl adjacent to an activating group) is 1. The monoisotopic (exact) mass is 340 g/mol. The van der Waals surface area contributed by atoms with E-state index >= 15 is 0 Å². The first-order valence-electron chi connectivity index (χ1n) is 7.65. The van der Waals surface area contributed by atoms with Crippen molar-refractivity contribution in [2.24, 2.45) is 4.99 Å². The molecular weight excluding hydrogens is 313 g/mol. The van der Waals surface area contributed by atoms with Gasteiger partial charge in [0.25, 0.3) is 0 Å². The Morgan fingerprint density at radius 2 is 2.09 bits per heavy atom. The summed E-state index contributed by atoms with van der Waals surface area (Å²) in [6.45, 7) is 5.50. The number of nitrogens with one attached hydrogen (secondary N) is 2. The number of alkyl halides is 3. The molecule has 0 saturated carbocycles. The highest BCUT2D eigenvalue weighted by Crippen LogP contribution is 2.37. The van der Waals surface area contributed by atoms with Crippen molar-refractivity contribution in [1.29, 1.82) is 0 Å². The van der Waals surface area contributed by atoms with Crippen LogP contribution in [0, 0.1) is 0 Å². The topological polar surface area (TPSA) is 39.7 Å². The third-order valence-electron chi connectivity index (χ3n) is 3.45. The Hall–Kier alpha value is -0.630. The molecule has 0 aromatic heterocycles. The molecule has 1 aliphatic heterocycles. The molecule has 0 aromatic rings. The highest BCUT2D eigenvalue weighted by atomic mass is 32.2. The second kappa shape index (κ2) is 8.86.